The van der Waals surface area contributed by atoms with Crippen molar-refractivity contribution in [2.24, 2.45) is 0 Å². The maximum absolute atomic E-state index is 12.9. The first-order valence-corrected chi connectivity index (χ1v) is 10.0. The third kappa shape index (κ3) is 4.42. The highest BCUT2D eigenvalue weighted by molar-refractivity contribution is 6.21. The monoisotopic (exact) mass is 469 g/mol. The van der Waals surface area contributed by atoms with Crippen molar-refractivity contribution in [2.45, 2.75) is 12.7 Å². The molecule has 0 aromatic heterocycles. The molecule has 0 saturated carbocycles. The number of anilines is 1. The molecule has 0 aliphatic carbocycles. The molecule has 0 radical (unpaired) electrons. The first kappa shape index (κ1) is 22.8. The fraction of sp³-hybridized carbons (Fsp3) is 0.125. The van der Waals surface area contributed by atoms with Crippen LogP contribution < -0.4 is 15.6 Å². The molecular formula is C24H18F3N3O4. The van der Waals surface area contributed by atoms with Crippen molar-refractivity contribution in [1.82, 2.24) is 10.3 Å². The first-order chi connectivity index (χ1) is 16.2. The molecule has 0 bridgehead atoms. The normalized spacial score (nSPS) is 13.0. The zero-order valence-electron chi connectivity index (χ0n) is 17.8. The Hall–Kier alpha value is -4.34. The molecule has 7 nitrogen and oxygen atoms in total. The van der Waals surface area contributed by atoms with E-state index in [0.717, 1.165) is 17.0 Å². The lowest BCUT2D eigenvalue weighted by Gasteiger charge is -2.16. The summed E-state index contributed by atoms with van der Waals surface area (Å²) in [4.78, 5) is 39.1. The maximum Gasteiger partial charge on any atom is 0.416 e. The molecular weight excluding hydrogens is 451 g/mol. The summed E-state index contributed by atoms with van der Waals surface area (Å²) in [7, 11) is 1.36. The van der Waals surface area contributed by atoms with E-state index in [-0.39, 0.29) is 23.5 Å². The number of ether oxygens (including phenoxy) is 1. The molecule has 174 valence electrons. The lowest BCUT2D eigenvalue weighted by molar-refractivity contribution is -0.137. The van der Waals surface area contributed by atoms with Crippen LogP contribution in [0.4, 0.5) is 18.9 Å². The van der Waals surface area contributed by atoms with E-state index in [9.17, 15) is 27.6 Å². The molecule has 3 aromatic rings. The van der Waals surface area contributed by atoms with Gasteiger partial charge >= 0.3 is 6.18 Å². The number of methoxy groups -OCH3 is 1. The van der Waals surface area contributed by atoms with Crippen LogP contribution >= 0.6 is 0 Å². The number of hydrogen-bond donors (Lipinski definition) is 2. The molecule has 0 atom stereocenters. The van der Waals surface area contributed by atoms with Crippen LogP contribution in [0.2, 0.25) is 0 Å². The van der Waals surface area contributed by atoms with Gasteiger partial charge in [-0.05, 0) is 48.0 Å². The molecule has 1 aliphatic rings. The van der Waals surface area contributed by atoms with Gasteiger partial charge in [-0.25, -0.2) is 0 Å². The van der Waals surface area contributed by atoms with E-state index in [1.165, 1.54) is 31.4 Å². The lowest BCUT2D eigenvalue weighted by Crippen LogP contribution is -2.31. The van der Waals surface area contributed by atoms with E-state index in [1.807, 2.05) is 0 Å². The molecule has 0 spiro atoms. The Labute approximate surface area is 192 Å². The topological polar surface area (TPSA) is 87.7 Å². The predicted octanol–water partition coefficient (Wildman–Crippen LogP) is 4.27. The van der Waals surface area contributed by atoms with Crippen LogP contribution in [-0.4, -0.2) is 29.7 Å². The minimum atomic E-state index is -4.52. The zero-order chi connectivity index (χ0) is 24.5. The summed E-state index contributed by atoms with van der Waals surface area (Å²) in [5, 5.41) is 0. The molecule has 0 unspecified atom stereocenters. The average Bonchev–Trinajstić information content (AvgIpc) is 3.07. The van der Waals surface area contributed by atoms with Crippen molar-refractivity contribution in [3.05, 3.63) is 94.5 Å². The van der Waals surface area contributed by atoms with Crippen LogP contribution in [0.5, 0.6) is 5.75 Å². The summed E-state index contributed by atoms with van der Waals surface area (Å²) >= 11 is 0. The zero-order valence-corrected chi connectivity index (χ0v) is 17.8. The molecule has 4 rings (SSSR count). The van der Waals surface area contributed by atoms with E-state index in [4.69, 9.17) is 4.74 Å². The number of nitrogens with one attached hydrogen (secondary N) is 2. The Morgan fingerprint density at radius 2 is 1.62 bits per heavy atom. The number of carbonyl (C=O) groups excluding carboxylic acids is 3. The summed E-state index contributed by atoms with van der Waals surface area (Å²) in [5.74, 6) is -1.35. The third-order valence-corrected chi connectivity index (χ3v) is 5.24. The summed E-state index contributed by atoms with van der Waals surface area (Å²) in [5.41, 5.74) is 5.12. The molecule has 3 amide bonds. The van der Waals surface area contributed by atoms with Gasteiger partial charge in [-0.2, -0.15) is 13.2 Å². The van der Waals surface area contributed by atoms with Crippen molar-refractivity contribution in [1.29, 1.82) is 0 Å². The number of nitrogens with zero attached hydrogens (tertiary/aromatic N) is 1. The van der Waals surface area contributed by atoms with Gasteiger partial charge in [-0.3, -0.25) is 30.1 Å². The van der Waals surface area contributed by atoms with Crippen LogP contribution in [0.15, 0.2) is 66.7 Å². The Morgan fingerprint density at radius 1 is 0.941 bits per heavy atom. The molecule has 1 heterocycles. The van der Waals surface area contributed by atoms with E-state index >= 15 is 0 Å². The van der Waals surface area contributed by atoms with Gasteiger partial charge in [-0.15, -0.1) is 0 Å². The number of hydrogen-bond acceptors (Lipinski definition) is 5. The van der Waals surface area contributed by atoms with Crippen molar-refractivity contribution < 1.29 is 32.3 Å². The van der Waals surface area contributed by atoms with Crippen molar-refractivity contribution in [3.8, 4) is 5.75 Å². The molecule has 0 saturated heterocycles. The quantitative estimate of drug-likeness (QED) is 0.416. The number of fused-ring (bicyclic) bond motifs is 1. The van der Waals surface area contributed by atoms with Gasteiger partial charge in [-0.1, -0.05) is 24.3 Å². The number of alkyl halides is 3. The van der Waals surface area contributed by atoms with Crippen LogP contribution in [-0.2, 0) is 12.7 Å². The Balaban J connectivity index is 1.51. The van der Waals surface area contributed by atoms with Gasteiger partial charge < -0.3 is 4.74 Å². The van der Waals surface area contributed by atoms with Crippen molar-refractivity contribution in [2.75, 3.05) is 12.5 Å². The highest BCUT2D eigenvalue weighted by Gasteiger charge is 2.35. The van der Waals surface area contributed by atoms with Gasteiger partial charge in [0.15, 0.2) is 0 Å². The summed E-state index contributed by atoms with van der Waals surface area (Å²) in [6.07, 6.45) is -4.52. The molecule has 34 heavy (non-hydrogen) atoms. The second-order valence-corrected chi connectivity index (χ2v) is 7.43. The average molecular weight is 469 g/mol. The minimum absolute atomic E-state index is 0.0318. The van der Waals surface area contributed by atoms with Gasteiger partial charge in [0.25, 0.3) is 17.7 Å². The predicted molar refractivity (Wildman–Crippen MR) is 116 cm³/mol. The largest absolute Gasteiger partial charge is 0.496 e. The van der Waals surface area contributed by atoms with E-state index in [1.54, 1.807) is 30.3 Å². The summed E-state index contributed by atoms with van der Waals surface area (Å²) in [6, 6.07) is 15.4. The molecule has 0 fully saturated rings. The first-order valence-electron chi connectivity index (χ1n) is 10.0. The number of hydrazine groups is 1. The van der Waals surface area contributed by atoms with E-state index in [2.05, 4.69) is 10.9 Å². The van der Waals surface area contributed by atoms with Gasteiger partial charge in [0.2, 0.25) is 0 Å². The number of amides is 3. The number of carbonyl (C=O) groups is 3. The summed E-state index contributed by atoms with van der Waals surface area (Å²) < 4.78 is 43.9. The molecule has 2 N–H and O–H groups in total. The number of rotatable bonds is 6. The van der Waals surface area contributed by atoms with Crippen molar-refractivity contribution >= 4 is 23.4 Å². The minimum Gasteiger partial charge on any atom is -0.496 e. The fourth-order valence-electron chi connectivity index (χ4n) is 3.57. The van der Waals surface area contributed by atoms with Crippen molar-refractivity contribution in [3.63, 3.8) is 0 Å². The molecule has 10 heteroatoms. The van der Waals surface area contributed by atoms with Gasteiger partial charge in [0.1, 0.15) is 5.75 Å². The maximum atomic E-state index is 12.9. The Morgan fingerprint density at radius 3 is 2.24 bits per heavy atom. The second kappa shape index (κ2) is 8.89. The number of imide groups is 1. The fourth-order valence-corrected chi connectivity index (χ4v) is 3.57. The molecule has 3 aromatic carbocycles. The second-order valence-electron chi connectivity index (χ2n) is 7.43. The standard InChI is InChI=1S/C24H18F3N3O4/c1-34-20-10-9-14(13-30-22(32)17-7-2-3-8-18(17)23(30)33)11-19(20)21(31)29-28-16-6-4-5-15(12-16)24(25,26)27/h2-12,28H,13H2,1H3,(H,29,31). The molecule has 1 aliphatic heterocycles. The highest BCUT2D eigenvalue weighted by Crippen LogP contribution is 2.31. The van der Waals surface area contributed by atoms with Gasteiger partial charge in [0, 0.05) is 0 Å². The van der Waals surface area contributed by atoms with Crippen LogP contribution in [0.1, 0.15) is 42.2 Å². The smallest absolute Gasteiger partial charge is 0.416 e. The third-order valence-electron chi connectivity index (χ3n) is 5.24. The van der Waals surface area contributed by atoms with E-state index < -0.39 is 29.5 Å². The van der Waals surface area contributed by atoms with Crippen LogP contribution in [0.3, 0.4) is 0 Å². The number of halogens is 3. The highest BCUT2D eigenvalue weighted by atomic mass is 19.4. The van der Waals surface area contributed by atoms with Gasteiger partial charge in [0.05, 0.1) is 41.6 Å². The summed E-state index contributed by atoms with van der Waals surface area (Å²) in [6.45, 7) is -0.0717. The number of benzene rings is 3. The lowest BCUT2D eigenvalue weighted by atomic mass is 10.1. The van der Waals surface area contributed by atoms with E-state index in [0.29, 0.717) is 16.7 Å². The van der Waals surface area contributed by atoms with Crippen LogP contribution in [0.25, 0.3) is 0 Å². The Kier molecular flexibility index (Phi) is 5.97. The Bertz CT molecular complexity index is 1260. The van der Waals surface area contributed by atoms with Crippen LogP contribution in [0, 0.1) is 0 Å². The SMILES string of the molecule is COc1ccc(CN2C(=O)c3ccccc3C2=O)cc1C(=O)NNc1cccc(C(F)(F)F)c1.